The molecule has 0 amide bonds. The highest BCUT2D eigenvalue weighted by Gasteiger charge is 2.31. The van der Waals surface area contributed by atoms with E-state index in [1.165, 1.54) is 24.3 Å². The smallest absolute Gasteiger partial charge is 0.440 e. The topological polar surface area (TPSA) is 53.1 Å². The average Bonchev–Trinajstić information content (AvgIpc) is 3.23. The summed E-state index contributed by atoms with van der Waals surface area (Å²) in [5, 5.41) is 4.95. The minimum atomic E-state index is -4.76. The van der Waals surface area contributed by atoms with E-state index in [4.69, 9.17) is 16.0 Å². The van der Waals surface area contributed by atoms with E-state index in [0.29, 0.717) is 44.9 Å². The zero-order valence-corrected chi connectivity index (χ0v) is 18.5. The predicted octanol–water partition coefficient (Wildman–Crippen LogP) is 7.13. The van der Waals surface area contributed by atoms with Crippen molar-refractivity contribution in [1.29, 1.82) is 0 Å². The molecule has 0 aliphatic carbocycles. The number of aromatic nitrogens is 3. The van der Waals surface area contributed by atoms with Crippen molar-refractivity contribution in [3.05, 3.63) is 69.7 Å². The Kier molecular flexibility index (Phi) is 5.57. The van der Waals surface area contributed by atoms with Crippen LogP contribution in [0.5, 0.6) is 5.75 Å². The van der Waals surface area contributed by atoms with Gasteiger partial charge in [0, 0.05) is 28.7 Å². The number of hydrogen-bond acceptors (Lipinski definition) is 4. The Bertz CT molecular complexity index is 1230. The van der Waals surface area contributed by atoms with Gasteiger partial charge < -0.3 is 9.15 Å². The van der Waals surface area contributed by atoms with Crippen LogP contribution in [0.15, 0.2) is 57.6 Å². The first-order valence-corrected chi connectivity index (χ1v) is 10.1. The van der Waals surface area contributed by atoms with Crippen LogP contribution in [0.4, 0.5) is 13.2 Å². The maximum Gasteiger partial charge on any atom is 0.573 e. The van der Waals surface area contributed by atoms with Gasteiger partial charge in [0.25, 0.3) is 0 Å². The van der Waals surface area contributed by atoms with Gasteiger partial charge in [-0.2, -0.15) is 5.10 Å². The van der Waals surface area contributed by atoms with Crippen LogP contribution in [-0.2, 0) is 0 Å². The van der Waals surface area contributed by atoms with Gasteiger partial charge >= 0.3 is 6.36 Å². The molecule has 2 heterocycles. The van der Waals surface area contributed by atoms with Crippen LogP contribution < -0.4 is 4.74 Å². The summed E-state index contributed by atoms with van der Waals surface area (Å²) in [6.07, 6.45) is -3.07. The number of hydrogen-bond donors (Lipinski definition) is 0. The predicted molar refractivity (Wildman–Crippen MR) is 113 cm³/mol. The van der Waals surface area contributed by atoms with Crippen molar-refractivity contribution in [2.45, 2.75) is 20.2 Å². The third-order valence-electron chi connectivity index (χ3n) is 4.38. The minimum absolute atomic E-state index is 0.317. The summed E-state index contributed by atoms with van der Waals surface area (Å²) in [5.74, 6) is 0.534. The van der Waals surface area contributed by atoms with Crippen LogP contribution in [0.3, 0.4) is 0 Å². The maximum atomic E-state index is 12.5. The molecule has 31 heavy (non-hydrogen) atoms. The summed E-state index contributed by atoms with van der Waals surface area (Å²) in [5.41, 5.74) is 3.10. The summed E-state index contributed by atoms with van der Waals surface area (Å²) < 4.78 is 49.7. The van der Waals surface area contributed by atoms with Crippen LogP contribution >= 0.6 is 27.5 Å². The van der Waals surface area contributed by atoms with Gasteiger partial charge in [0.05, 0.1) is 16.4 Å². The molecule has 4 aromatic rings. The van der Waals surface area contributed by atoms with E-state index in [1.54, 1.807) is 24.7 Å². The van der Waals surface area contributed by atoms with E-state index in [0.717, 1.165) is 4.47 Å². The molecule has 2 aromatic heterocycles. The van der Waals surface area contributed by atoms with Crippen molar-refractivity contribution in [2.24, 2.45) is 0 Å². The Morgan fingerprint density at radius 1 is 1.10 bits per heavy atom. The summed E-state index contributed by atoms with van der Waals surface area (Å²) in [6.45, 7) is 3.49. The first-order chi connectivity index (χ1) is 14.6. The Balaban J connectivity index is 1.82. The Labute approximate surface area is 188 Å². The van der Waals surface area contributed by atoms with Crippen LogP contribution in [0, 0.1) is 13.8 Å². The molecule has 0 radical (unpaired) electrons. The van der Waals surface area contributed by atoms with E-state index in [1.807, 2.05) is 18.2 Å². The van der Waals surface area contributed by atoms with E-state index < -0.39 is 6.36 Å². The van der Waals surface area contributed by atoms with Crippen molar-refractivity contribution in [3.63, 3.8) is 0 Å². The highest BCUT2D eigenvalue weighted by molar-refractivity contribution is 9.10. The third-order valence-corrected chi connectivity index (χ3v) is 5.25. The van der Waals surface area contributed by atoms with Crippen molar-refractivity contribution < 1.29 is 22.3 Å². The molecule has 0 spiro atoms. The number of aryl methyl sites for hydroxylation is 2. The molecule has 0 N–H and O–H groups in total. The van der Waals surface area contributed by atoms with Gasteiger partial charge in [0.2, 0.25) is 0 Å². The van der Waals surface area contributed by atoms with E-state index >= 15 is 0 Å². The molecule has 0 unspecified atom stereocenters. The van der Waals surface area contributed by atoms with Crippen molar-refractivity contribution in [3.8, 4) is 34.0 Å². The Morgan fingerprint density at radius 2 is 1.81 bits per heavy atom. The molecular weight excluding hydrogens is 499 g/mol. The second-order valence-corrected chi connectivity index (χ2v) is 7.97. The molecule has 160 valence electrons. The van der Waals surface area contributed by atoms with Gasteiger partial charge in [-0.1, -0.05) is 27.5 Å². The quantitative estimate of drug-likeness (QED) is 0.292. The molecule has 0 bridgehead atoms. The third kappa shape index (κ3) is 4.62. The lowest BCUT2D eigenvalue weighted by Gasteiger charge is -2.11. The summed E-state index contributed by atoms with van der Waals surface area (Å²) >= 11 is 9.65. The lowest BCUT2D eigenvalue weighted by molar-refractivity contribution is -0.274. The molecule has 0 saturated heterocycles. The molecule has 0 aliphatic heterocycles. The second kappa shape index (κ2) is 8.05. The largest absolute Gasteiger partial charge is 0.573 e. The molecule has 0 fully saturated rings. The molecule has 0 atom stereocenters. The normalized spacial score (nSPS) is 11.7. The average molecular weight is 513 g/mol. The lowest BCUT2D eigenvalue weighted by atomic mass is 10.0. The summed E-state index contributed by atoms with van der Waals surface area (Å²) in [7, 11) is 0. The van der Waals surface area contributed by atoms with Crippen LogP contribution in [0.2, 0.25) is 5.02 Å². The van der Waals surface area contributed by atoms with Crippen LogP contribution in [-0.4, -0.2) is 21.1 Å². The van der Waals surface area contributed by atoms with E-state index in [9.17, 15) is 13.2 Å². The zero-order chi connectivity index (χ0) is 22.3. The fourth-order valence-electron chi connectivity index (χ4n) is 3.07. The fourth-order valence-corrected chi connectivity index (χ4v) is 3.56. The number of oxazole rings is 1. The van der Waals surface area contributed by atoms with Crippen molar-refractivity contribution in [1.82, 2.24) is 14.8 Å². The summed E-state index contributed by atoms with van der Waals surface area (Å²) in [4.78, 5) is 4.45. The second-order valence-electron chi connectivity index (χ2n) is 6.65. The molecule has 10 heteroatoms. The number of ether oxygens (including phenoxy) is 1. The number of nitrogens with zero attached hydrogens (tertiary/aromatic N) is 3. The van der Waals surface area contributed by atoms with Crippen LogP contribution in [0.25, 0.3) is 28.3 Å². The van der Waals surface area contributed by atoms with Gasteiger partial charge in [-0.3, -0.25) is 0 Å². The zero-order valence-electron chi connectivity index (χ0n) is 16.2. The monoisotopic (exact) mass is 511 g/mol. The van der Waals surface area contributed by atoms with Gasteiger partial charge in [-0.25, -0.2) is 9.67 Å². The van der Waals surface area contributed by atoms with E-state index in [2.05, 4.69) is 30.7 Å². The first kappa shape index (κ1) is 21.5. The standard InChI is InChI=1S/C21H14BrClF3N3O2/c1-11-17(23)10-29(28-11)18-8-5-14(22)9-16(18)20-19(27-12(2)30-20)13-3-6-15(7-4-13)31-21(24,25)26/h3-10H,1-2H3. The Hall–Kier alpha value is -2.78. The molecular formula is C21H14BrClF3N3O2. The first-order valence-electron chi connectivity index (χ1n) is 8.96. The SMILES string of the molecule is Cc1nc(-c2ccc(OC(F)(F)F)cc2)c(-c2cc(Br)ccc2-n2cc(Cl)c(C)n2)o1. The molecule has 2 aromatic carbocycles. The fraction of sp³-hybridized carbons (Fsp3) is 0.143. The van der Waals surface area contributed by atoms with Crippen molar-refractivity contribution in [2.75, 3.05) is 0 Å². The highest BCUT2D eigenvalue weighted by Crippen LogP contribution is 2.38. The van der Waals surface area contributed by atoms with Gasteiger partial charge in [0.15, 0.2) is 11.7 Å². The lowest BCUT2D eigenvalue weighted by Crippen LogP contribution is -2.16. The van der Waals surface area contributed by atoms with Gasteiger partial charge in [-0.05, 0) is 49.4 Å². The van der Waals surface area contributed by atoms with Crippen LogP contribution in [0.1, 0.15) is 11.6 Å². The molecule has 0 saturated carbocycles. The number of rotatable bonds is 4. The highest BCUT2D eigenvalue weighted by atomic mass is 79.9. The minimum Gasteiger partial charge on any atom is -0.440 e. The van der Waals surface area contributed by atoms with Gasteiger partial charge in [-0.15, -0.1) is 13.2 Å². The molecule has 4 rings (SSSR count). The molecule has 5 nitrogen and oxygen atoms in total. The van der Waals surface area contributed by atoms with Gasteiger partial charge in [0.1, 0.15) is 11.4 Å². The Morgan fingerprint density at radius 3 is 2.42 bits per heavy atom. The maximum absolute atomic E-state index is 12.5. The van der Waals surface area contributed by atoms with Crippen molar-refractivity contribution >= 4 is 27.5 Å². The van der Waals surface area contributed by atoms with E-state index in [-0.39, 0.29) is 5.75 Å². The molecule has 0 aliphatic rings. The summed E-state index contributed by atoms with van der Waals surface area (Å²) in [6, 6.07) is 11.0. The number of benzene rings is 2. The number of alkyl halides is 3. The number of halogens is 5.